The van der Waals surface area contributed by atoms with Crippen LogP contribution in [-0.2, 0) is 30.5 Å². The Hall–Kier alpha value is -3.32. The second-order valence-corrected chi connectivity index (χ2v) is 10.7. The van der Waals surface area contributed by atoms with Gasteiger partial charge in [-0.05, 0) is 42.1 Å². The summed E-state index contributed by atoms with van der Waals surface area (Å²) in [4.78, 5) is 55.8. The summed E-state index contributed by atoms with van der Waals surface area (Å²) in [5, 5.41) is 0. The summed E-state index contributed by atoms with van der Waals surface area (Å²) in [6.07, 6.45) is 8.98. The van der Waals surface area contributed by atoms with E-state index in [1.54, 1.807) is 19.3 Å². The van der Waals surface area contributed by atoms with Gasteiger partial charge in [0.15, 0.2) is 0 Å². The highest BCUT2D eigenvalue weighted by molar-refractivity contribution is 6.07. The Morgan fingerprint density at radius 3 is 1.68 bits per heavy atom. The zero-order valence-electron chi connectivity index (χ0n) is 21.2. The van der Waals surface area contributed by atoms with E-state index in [1.807, 2.05) is 42.5 Å². The van der Waals surface area contributed by atoms with E-state index in [0.29, 0.717) is 19.4 Å². The number of benzene rings is 1. The Morgan fingerprint density at radius 1 is 0.757 bits per heavy atom. The van der Waals surface area contributed by atoms with Crippen molar-refractivity contribution in [2.75, 3.05) is 20.3 Å². The number of hydrogen-bond donors (Lipinski definition) is 0. The van der Waals surface area contributed by atoms with Gasteiger partial charge in [-0.2, -0.15) is 0 Å². The highest BCUT2D eigenvalue weighted by atomic mass is 16.5. The first kappa shape index (κ1) is 25.3. The van der Waals surface area contributed by atoms with Gasteiger partial charge in [0.05, 0.1) is 43.4 Å². The molecular formula is C30H34N2O5. The number of imide groups is 2. The molecule has 4 amide bonds. The molecule has 194 valence electrons. The van der Waals surface area contributed by atoms with E-state index in [1.165, 1.54) is 9.80 Å². The molecule has 2 heterocycles. The lowest BCUT2D eigenvalue weighted by Crippen LogP contribution is -2.36. The van der Waals surface area contributed by atoms with Crippen LogP contribution in [0.15, 0.2) is 67.8 Å². The van der Waals surface area contributed by atoms with Gasteiger partial charge < -0.3 is 4.74 Å². The van der Waals surface area contributed by atoms with E-state index >= 15 is 0 Å². The first-order chi connectivity index (χ1) is 17.9. The third-order valence-electron chi connectivity index (χ3n) is 8.83. The highest BCUT2D eigenvalue weighted by Gasteiger charge is 2.59. The fraction of sp³-hybridized carbons (Fsp3) is 0.467. The second kappa shape index (κ2) is 10.2. The van der Waals surface area contributed by atoms with Crippen LogP contribution >= 0.6 is 0 Å². The Bertz CT molecular complexity index is 1140. The Labute approximate surface area is 217 Å². The van der Waals surface area contributed by atoms with Crippen molar-refractivity contribution >= 4 is 23.6 Å². The van der Waals surface area contributed by atoms with Crippen LogP contribution in [0.25, 0.3) is 0 Å². The smallest absolute Gasteiger partial charge is 0.234 e. The van der Waals surface area contributed by atoms with E-state index in [-0.39, 0.29) is 60.4 Å². The number of ether oxygens (including phenoxy) is 1. The number of methoxy groups -OCH3 is 1. The number of hydrogen-bond acceptors (Lipinski definition) is 5. The van der Waals surface area contributed by atoms with Crippen LogP contribution < -0.4 is 0 Å². The number of rotatable bonds is 9. The van der Waals surface area contributed by atoms with Crippen molar-refractivity contribution in [3.63, 3.8) is 0 Å². The first-order valence-electron chi connectivity index (χ1n) is 13.1. The number of allylic oxidation sites excluding steroid dienone is 4. The van der Waals surface area contributed by atoms with E-state index < -0.39 is 23.7 Å². The third kappa shape index (κ3) is 4.19. The lowest BCUT2D eigenvalue weighted by atomic mass is 9.86. The van der Waals surface area contributed by atoms with E-state index in [0.717, 1.165) is 5.56 Å². The van der Waals surface area contributed by atoms with E-state index in [2.05, 4.69) is 13.2 Å². The molecule has 2 aliphatic carbocycles. The molecule has 0 radical (unpaired) electrons. The van der Waals surface area contributed by atoms with E-state index in [9.17, 15) is 19.2 Å². The van der Waals surface area contributed by atoms with Crippen molar-refractivity contribution in [1.29, 1.82) is 0 Å². The third-order valence-corrected chi connectivity index (χ3v) is 8.83. The molecule has 7 heteroatoms. The summed E-state index contributed by atoms with van der Waals surface area (Å²) in [5.41, 5.74) is 0.918. The van der Waals surface area contributed by atoms with Gasteiger partial charge in [0.25, 0.3) is 0 Å². The van der Waals surface area contributed by atoms with Crippen molar-refractivity contribution in [1.82, 2.24) is 9.80 Å². The standard InChI is InChI=1S/C30H34N2O5/c1-4-19-15-21(25-23(19)27(33)31(28(25)34)13-14-37-3)11-12-22-16-20(5-2)24-26(22)30(36)32(29(24)35)17-18-9-7-6-8-10-18/h4-12,19-26H,1-2,13-17H2,3H3/b12-11-. The van der Waals surface area contributed by atoms with Crippen LogP contribution in [0.1, 0.15) is 18.4 Å². The lowest BCUT2D eigenvalue weighted by molar-refractivity contribution is -0.143. The molecule has 4 aliphatic rings. The van der Waals surface area contributed by atoms with Gasteiger partial charge in [0.2, 0.25) is 23.6 Å². The summed E-state index contributed by atoms with van der Waals surface area (Å²) in [5.74, 6) is -2.60. The molecule has 1 aromatic carbocycles. The Balaban J connectivity index is 1.36. The summed E-state index contributed by atoms with van der Waals surface area (Å²) in [6, 6.07) is 9.54. The fourth-order valence-corrected chi connectivity index (χ4v) is 7.06. The van der Waals surface area contributed by atoms with Crippen molar-refractivity contribution in [3.05, 3.63) is 73.4 Å². The molecule has 7 nitrogen and oxygen atoms in total. The average Bonchev–Trinajstić information content (AvgIpc) is 3.60. The molecule has 8 unspecified atom stereocenters. The van der Waals surface area contributed by atoms with Crippen LogP contribution in [0.3, 0.4) is 0 Å². The molecule has 0 bridgehead atoms. The molecule has 37 heavy (non-hydrogen) atoms. The van der Waals surface area contributed by atoms with Gasteiger partial charge >= 0.3 is 0 Å². The molecule has 0 N–H and O–H groups in total. The average molecular weight is 503 g/mol. The minimum absolute atomic E-state index is 0.0723. The topological polar surface area (TPSA) is 84.0 Å². The second-order valence-electron chi connectivity index (χ2n) is 10.7. The molecule has 0 aromatic heterocycles. The van der Waals surface area contributed by atoms with Crippen LogP contribution in [0.4, 0.5) is 0 Å². The monoisotopic (exact) mass is 502 g/mol. The minimum Gasteiger partial charge on any atom is -0.383 e. The van der Waals surface area contributed by atoms with Crippen LogP contribution in [0.5, 0.6) is 0 Å². The van der Waals surface area contributed by atoms with Gasteiger partial charge in [-0.15, -0.1) is 13.2 Å². The van der Waals surface area contributed by atoms with Crippen LogP contribution in [0, 0.1) is 47.3 Å². The summed E-state index contributed by atoms with van der Waals surface area (Å²) < 4.78 is 5.09. The number of likely N-dealkylation sites (tertiary alicyclic amines) is 2. The molecule has 4 fully saturated rings. The summed E-state index contributed by atoms with van der Waals surface area (Å²) >= 11 is 0. The number of amides is 4. The largest absolute Gasteiger partial charge is 0.383 e. The van der Waals surface area contributed by atoms with Crippen LogP contribution in [0.2, 0.25) is 0 Å². The van der Waals surface area contributed by atoms with Crippen molar-refractivity contribution in [2.45, 2.75) is 19.4 Å². The minimum atomic E-state index is -0.429. The maximum atomic E-state index is 13.5. The van der Waals surface area contributed by atoms with Crippen molar-refractivity contribution in [2.24, 2.45) is 47.3 Å². The summed E-state index contributed by atoms with van der Waals surface area (Å²) in [7, 11) is 1.55. The zero-order chi connectivity index (χ0) is 26.3. The summed E-state index contributed by atoms with van der Waals surface area (Å²) in [6.45, 7) is 8.69. The zero-order valence-corrected chi connectivity index (χ0v) is 21.2. The molecule has 1 aromatic rings. The highest BCUT2D eigenvalue weighted by Crippen LogP contribution is 2.51. The van der Waals surface area contributed by atoms with Gasteiger partial charge in [0.1, 0.15) is 0 Å². The maximum Gasteiger partial charge on any atom is 0.234 e. The number of fused-ring (bicyclic) bond motifs is 2. The van der Waals surface area contributed by atoms with E-state index in [4.69, 9.17) is 4.74 Å². The molecule has 8 atom stereocenters. The Morgan fingerprint density at radius 2 is 1.22 bits per heavy atom. The molecule has 2 saturated heterocycles. The van der Waals surface area contributed by atoms with Gasteiger partial charge in [0, 0.05) is 7.11 Å². The Kier molecular flexibility index (Phi) is 6.99. The molecule has 2 aliphatic heterocycles. The molecule has 0 spiro atoms. The van der Waals surface area contributed by atoms with Gasteiger partial charge in [-0.3, -0.25) is 29.0 Å². The fourth-order valence-electron chi connectivity index (χ4n) is 7.06. The number of nitrogens with zero attached hydrogens (tertiary/aromatic N) is 2. The SMILES string of the molecule is C=CC1CC(/C=C\C2CC(C=C)C3C(=O)N(Cc4ccccc4)C(=O)C23)C2C(=O)N(CCOC)C(=O)C12. The van der Waals surface area contributed by atoms with Gasteiger partial charge in [-0.1, -0.05) is 54.6 Å². The molecule has 5 rings (SSSR count). The van der Waals surface area contributed by atoms with Crippen LogP contribution in [-0.4, -0.2) is 53.7 Å². The predicted molar refractivity (Wildman–Crippen MR) is 137 cm³/mol. The maximum absolute atomic E-state index is 13.5. The predicted octanol–water partition coefficient (Wildman–Crippen LogP) is 3.24. The lowest BCUT2D eigenvalue weighted by Gasteiger charge is -2.20. The molecule has 2 saturated carbocycles. The molecular weight excluding hydrogens is 468 g/mol. The van der Waals surface area contributed by atoms with Gasteiger partial charge in [-0.25, -0.2) is 0 Å². The van der Waals surface area contributed by atoms with Crippen molar-refractivity contribution < 1.29 is 23.9 Å². The quantitative estimate of drug-likeness (QED) is 0.382. The number of carbonyl (C=O) groups excluding carboxylic acids is 4. The van der Waals surface area contributed by atoms with Crippen molar-refractivity contribution in [3.8, 4) is 0 Å². The number of carbonyl (C=O) groups is 4. The first-order valence-corrected chi connectivity index (χ1v) is 13.1. The normalized spacial score (nSPS) is 35.1.